The molecular weight excluding hydrogens is 246 g/mol. The molecule has 0 fully saturated rings. The molecule has 0 rings (SSSR count). The van der Waals surface area contributed by atoms with Crippen molar-refractivity contribution in [3.63, 3.8) is 0 Å². The highest BCUT2D eigenvalue weighted by molar-refractivity contribution is 5.87. The molecule has 0 atom stereocenters. The monoisotopic (exact) mass is 271 g/mol. The number of carbonyl (C=O) groups excluding carboxylic acids is 1. The zero-order valence-corrected chi connectivity index (χ0v) is 12.8. The first-order valence-corrected chi connectivity index (χ1v) is 7.15. The van der Waals surface area contributed by atoms with Gasteiger partial charge in [0.2, 0.25) is 5.91 Å². The van der Waals surface area contributed by atoms with Crippen LogP contribution in [0.5, 0.6) is 0 Å². The van der Waals surface area contributed by atoms with E-state index in [0.717, 1.165) is 32.2 Å². The van der Waals surface area contributed by atoms with Crippen molar-refractivity contribution >= 4 is 5.91 Å². The molecular formula is C18H25NO. The van der Waals surface area contributed by atoms with Gasteiger partial charge in [0.25, 0.3) is 0 Å². The highest BCUT2D eigenvalue weighted by Gasteiger charge is 1.96. The van der Waals surface area contributed by atoms with Gasteiger partial charge in [0.05, 0.1) is 0 Å². The molecule has 1 amide bonds. The van der Waals surface area contributed by atoms with Gasteiger partial charge in [0.15, 0.2) is 0 Å². The lowest BCUT2D eigenvalue weighted by Crippen LogP contribution is -2.25. The van der Waals surface area contributed by atoms with Gasteiger partial charge in [-0.1, -0.05) is 43.9 Å². The quantitative estimate of drug-likeness (QED) is 0.311. The molecule has 0 aromatic rings. The summed E-state index contributed by atoms with van der Waals surface area (Å²) in [7, 11) is 0. The molecule has 0 bridgehead atoms. The van der Waals surface area contributed by atoms with Gasteiger partial charge in [-0.25, -0.2) is 0 Å². The summed E-state index contributed by atoms with van der Waals surface area (Å²) in [5.74, 6) is 11.6. The van der Waals surface area contributed by atoms with Crippen LogP contribution in [0.15, 0.2) is 24.3 Å². The van der Waals surface area contributed by atoms with Gasteiger partial charge in [-0.15, -0.1) is 0 Å². The minimum Gasteiger partial charge on any atom is -0.352 e. The average Bonchev–Trinajstić information content (AvgIpc) is 2.42. The normalized spacial score (nSPS) is 10.2. The van der Waals surface area contributed by atoms with Gasteiger partial charge in [-0.3, -0.25) is 4.79 Å². The molecule has 20 heavy (non-hydrogen) atoms. The Morgan fingerprint density at radius 3 is 2.60 bits per heavy atom. The molecule has 2 heteroatoms. The number of hydrogen-bond acceptors (Lipinski definition) is 1. The van der Waals surface area contributed by atoms with Crippen LogP contribution in [-0.2, 0) is 4.79 Å². The number of allylic oxidation sites excluding steroid dienone is 3. The lowest BCUT2D eigenvalue weighted by atomic mass is 10.2. The van der Waals surface area contributed by atoms with Crippen LogP contribution >= 0.6 is 0 Å². The summed E-state index contributed by atoms with van der Waals surface area (Å²) in [5.41, 5.74) is 0. The standard InChI is InChI=1S/C18H25NO/c1-4-5-6-7-8-9-10-11-12-13-14-15-18(20)19-16-17(2)3/h9-10,14-15,17H,8,11-13,16H2,1-3H3,(H,19,20)/b10-9-,15-14+. The van der Waals surface area contributed by atoms with Crippen LogP contribution in [0.4, 0.5) is 0 Å². The van der Waals surface area contributed by atoms with Crippen molar-refractivity contribution in [3.8, 4) is 23.7 Å². The summed E-state index contributed by atoms with van der Waals surface area (Å²) < 4.78 is 0. The van der Waals surface area contributed by atoms with E-state index in [1.54, 1.807) is 13.0 Å². The van der Waals surface area contributed by atoms with Gasteiger partial charge in [0.1, 0.15) is 0 Å². The second-order valence-corrected chi connectivity index (χ2v) is 4.82. The molecule has 0 spiro atoms. The second-order valence-electron chi connectivity index (χ2n) is 4.82. The molecule has 0 saturated carbocycles. The van der Waals surface area contributed by atoms with Gasteiger partial charge >= 0.3 is 0 Å². The van der Waals surface area contributed by atoms with E-state index >= 15 is 0 Å². The molecule has 0 aromatic heterocycles. The zero-order valence-electron chi connectivity index (χ0n) is 12.8. The van der Waals surface area contributed by atoms with Gasteiger partial charge in [-0.05, 0) is 50.0 Å². The number of rotatable bonds is 8. The SMILES string of the molecule is CC#CC#CC/C=C\CCC/C=C/C(=O)NCC(C)C. The first-order chi connectivity index (χ1) is 9.66. The molecule has 1 N–H and O–H groups in total. The Labute approximate surface area is 123 Å². The van der Waals surface area contributed by atoms with E-state index in [4.69, 9.17) is 0 Å². The molecule has 0 heterocycles. The van der Waals surface area contributed by atoms with Crippen LogP contribution in [0.25, 0.3) is 0 Å². The molecule has 0 aliphatic heterocycles. The van der Waals surface area contributed by atoms with Crippen LogP contribution in [0, 0.1) is 29.6 Å². The second kappa shape index (κ2) is 13.5. The van der Waals surface area contributed by atoms with Crippen molar-refractivity contribution in [3.05, 3.63) is 24.3 Å². The number of carbonyl (C=O) groups is 1. The Bertz CT molecular complexity index is 436. The maximum atomic E-state index is 11.4. The molecule has 0 aliphatic carbocycles. The van der Waals surface area contributed by atoms with Gasteiger partial charge < -0.3 is 5.32 Å². The Kier molecular flexibility index (Phi) is 12.2. The first kappa shape index (κ1) is 18.1. The van der Waals surface area contributed by atoms with Crippen molar-refractivity contribution in [2.45, 2.75) is 46.5 Å². The van der Waals surface area contributed by atoms with E-state index in [0.29, 0.717) is 5.92 Å². The molecule has 0 aromatic carbocycles. The Morgan fingerprint density at radius 1 is 1.15 bits per heavy atom. The Hall–Kier alpha value is -1.93. The molecule has 0 unspecified atom stereocenters. The lowest BCUT2D eigenvalue weighted by Gasteiger charge is -2.04. The summed E-state index contributed by atoms with van der Waals surface area (Å²) in [6.07, 6.45) is 11.5. The summed E-state index contributed by atoms with van der Waals surface area (Å²) >= 11 is 0. The number of nitrogens with one attached hydrogen (secondary N) is 1. The molecule has 108 valence electrons. The third kappa shape index (κ3) is 14.1. The highest BCUT2D eigenvalue weighted by Crippen LogP contribution is 1.98. The van der Waals surface area contributed by atoms with Crippen LogP contribution in [-0.4, -0.2) is 12.5 Å². The van der Waals surface area contributed by atoms with Crippen molar-refractivity contribution in [2.75, 3.05) is 6.54 Å². The predicted molar refractivity (Wildman–Crippen MR) is 85.8 cm³/mol. The largest absolute Gasteiger partial charge is 0.352 e. The lowest BCUT2D eigenvalue weighted by molar-refractivity contribution is -0.116. The topological polar surface area (TPSA) is 29.1 Å². The third-order valence-electron chi connectivity index (χ3n) is 2.36. The maximum Gasteiger partial charge on any atom is 0.243 e. The summed E-state index contributed by atoms with van der Waals surface area (Å²) in [6, 6.07) is 0. The smallest absolute Gasteiger partial charge is 0.243 e. The first-order valence-electron chi connectivity index (χ1n) is 7.15. The molecule has 0 saturated heterocycles. The van der Waals surface area contributed by atoms with Crippen molar-refractivity contribution in [1.29, 1.82) is 0 Å². The summed E-state index contributed by atoms with van der Waals surface area (Å²) in [4.78, 5) is 11.4. The van der Waals surface area contributed by atoms with E-state index in [1.807, 2.05) is 6.08 Å². The van der Waals surface area contributed by atoms with Crippen molar-refractivity contribution in [2.24, 2.45) is 5.92 Å². The molecule has 2 nitrogen and oxygen atoms in total. The Morgan fingerprint density at radius 2 is 1.90 bits per heavy atom. The maximum absolute atomic E-state index is 11.4. The molecule has 0 radical (unpaired) electrons. The van der Waals surface area contributed by atoms with E-state index < -0.39 is 0 Å². The Balaban J connectivity index is 3.56. The minimum atomic E-state index is 0.00144. The summed E-state index contributed by atoms with van der Waals surface area (Å²) in [6.45, 7) is 6.67. The van der Waals surface area contributed by atoms with E-state index in [2.05, 4.69) is 55.0 Å². The minimum absolute atomic E-state index is 0.00144. The van der Waals surface area contributed by atoms with Crippen LogP contribution in [0.2, 0.25) is 0 Å². The van der Waals surface area contributed by atoms with E-state index in [1.165, 1.54) is 0 Å². The van der Waals surface area contributed by atoms with Crippen LogP contribution < -0.4 is 5.32 Å². The zero-order chi connectivity index (χ0) is 15.1. The highest BCUT2D eigenvalue weighted by atomic mass is 16.1. The van der Waals surface area contributed by atoms with E-state index in [9.17, 15) is 4.79 Å². The fraction of sp³-hybridized carbons (Fsp3) is 0.500. The molecule has 0 aliphatic rings. The van der Waals surface area contributed by atoms with E-state index in [-0.39, 0.29) is 5.91 Å². The van der Waals surface area contributed by atoms with Crippen molar-refractivity contribution in [1.82, 2.24) is 5.32 Å². The predicted octanol–water partition coefficient (Wildman–Crippen LogP) is 3.46. The van der Waals surface area contributed by atoms with Crippen molar-refractivity contribution < 1.29 is 4.79 Å². The van der Waals surface area contributed by atoms with Crippen LogP contribution in [0.1, 0.15) is 46.5 Å². The van der Waals surface area contributed by atoms with Gasteiger partial charge in [-0.2, -0.15) is 0 Å². The summed E-state index contributed by atoms with van der Waals surface area (Å²) in [5, 5.41) is 2.85. The number of hydrogen-bond donors (Lipinski definition) is 1. The number of amides is 1. The van der Waals surface area contributed by atoms with Gasteiger partial charge in [0, 0.05) is 13.0 Å². The average molecular weight is 271 g/mol. The number of unbranched alkanes of at least 4 members (excludes halogenated alkanes) is 2. The third-order valence-corrected chi connectivity index (χ3v) is 2.36. The fourth-order valence-corrected chi connectivity index (χ4v) is 1.33. The van der Waals surface area contributed by atoms with Crippen LogP contribution in [0.3, 0.4) is 0 Å². The fourth-order valence-electron chi connectivity index (χ4n) is 1.33.